The topological polar surface area (TPSA) is 249 Å². The predicted molar refractivity (Wildman–Crippen MR) is 191 cm³/mol. The molecule has 4 atom stereocenters. The summed E-state index contributed by atoms with van der Waals surface area (Å²) in [5, 5.41) is 41.2. The summed E-state index contributed by atoms with van der Waals surface area (Å²) in [5.41, 5.74) is 8.09. The minimum absolute atomic E-state index is 0.00141. The first-order valence-electron chi connectivity index (χ1n) is 16.7. The molecular formula is C37H46N6O9. The van der Waals surface area contributed by atoms with Crippen molar-refractivity contribution in [2.45, 2.75) is 63.7 Å². The highest BCUT2D eigenvalue weighted by molar-refractivity contribution is 5.94. The molecule has 0 spiro atoms. The van der Waals surface area contributed by atoms with Crippen molar-refractivity contribution >= 4 is 35.5 Å². The van der Waals surface area contributed by atoms with Gasteiger partial charge in [-0.15, -0.1) is 0 Å². The Morgan fingerprint density at radius 2 is 1.06 bits per heavy atom. The van der Waals surface area contributed by atoms with Crippen LogP contribution in [0, 0.1) is 5.92 Å². The van der Waals surface area contributed by atoms with Gasteiger partial charge >= 0.3 is 5.97 Å². The third-order valence-electron chi connectivity index (χ3n) is 7.86. The maximum absolute atomic E-state index is 13.2. The maximum Gasteiger partial charge on any atom is 0.326 e. The van der Waals surface area contributed by atoms with Gasteiger partial charge in [-0.25, -0.2) is 4.79 Å². The van der Waals surface area contributed by atoms with E-state index in [2.05, 4.69) is 26.6 Å². The van der Waals surface area contributed by atoms with Gasteiger partial charge in [0.05, 0.1) is 19.1 Å². The third kappa shape index (κ3) is 14.1. The summed E-state index contributed by atoms with van der Waals surface area (Å²) in [5.74, 6) is -4.69. The van der Waals surface area contributed by atoms with Crippen LogP contribution in [0.5, 0.6) is 11.5 Å². The van der Waals surface area contributed by atoms with Crippen molar-refractivity contribution in [3.63, 3.8) is 0 Å². The van der Waals surface area contributed by atoms with Gasteiger partial charge in [0.15, 0.2) is 0 Å². The normalized spacial score (nSPS) is 13.2. The molecule has 3 aromatic carbocycles. The number of phenolic OH excluding ortho intramolecular Hbond substituents is 2. The Morgan fingerprint density at radius 1 is 0.577 bits per heavy atom. The van der Waals surface area contributed by atoms with E-state index in [0.717, 1.165) is 0 Å². The first-order chi connectivity index (χ1) is 24.7. The van der Waals surface area contributed by atoms with Crippen LogP contribution >= 0.6 is 0 Å². The summed E-state index contributed by atoms with van der Waals surface area (Å²) in [6.07, 6.45) is 0.360. The monoisotopic (exact) mass is 718 g/mol. The van der Waals surface area contributed by atoms with Crippen molar-refractivity contribution in [3.05, 3.63) is 95.6 Å². The Labute approximate surface area is 301 Å². The largest absolute Gasteiger partial charge is 0.508 e. The summed E-state index contributed by atoms with van der Waals surface area (Å²) < 4.78 is 0. The number of nitrogens with two attached hydrogens (primary N) is 1. The molecule has 0 aromatic heterocycles. The fourth-order valence-corrected chi connectivity index (χ4v) is 5.14. The van der Waals surface area contributed by atoms with E-state index in [4.69, 9.17) is 5.73 Å². The zero-order chi connectivity index (χ0) is 38.2. The number of nitrogens with one attached hydrogen (secondary N) is 5. The summed E-state index contributed by atoms with van der Waals surface area (Å²) in [6.45, 7) is 2.52. The van der Waals surface area contributed by atoms with Crippen LogP contribution in [0.15, 0.2) is 78.9 Å². The van der Waals surface area contributed by atoms with E-state index >= 15 is 0 Å². The van der Waals surface area contributed by atoms with Crippen LogP contribution in [0.4, 0.5) is 0 Å². The molecule has 0 bridgehead atoms. The number of amides is 5. The van der Waals surface area contributed by atoms with E-state index in [1.165, 1.54) is 24.3 Å². The van der Waals surface area contributed by atoms with Crippen LogP contribution in [0.3, 0.4) is 0 Å². The number of hydrogen-bond donors (Lipinski definition) is 9. The second-order valence-electron chi connectivity index (χ2n) is 12.7. The number of carboxylic acids is 1. The van der Waals surface area contributed by atoms with Crippen LogP contribution < -0.4 is 32.3 Å². The first-order valence-corrected chi connectivity index (χ1v) is 16.7. The lowest BCUT2D eigenvalue weighted by Gasteiger charge is -2.23. The predicted octanol–water partition coefficient (Wildman–Crippen LogP) is 0.271. The van der Waals surface area contributed by atoms with Crippen molar-refractivity contribution in [2.75, 3.05) is 13.1 Å². The van der Waals surface area contributed by atoms with E-state index in [1.807, 2.05) is 13.8 Å². The molecule has 0 fully saturated rings. The molecule has 0 aliphatic heterocycles. The van der Waals surface area contributed by atoms with E-state index in [1.54, 1.807) is 54.6 Å². The van der Waals surface area contributed by atoms with Crippen molar-refractivity contribution < 1.29 is 44.1 Å². The smallest absolute Gasteiger partial charge is 0.326 e. The molecule has 4 unspecified atom stereocenters. The van der Waals surface area contributed by atoms with Gasteiger partial charge in [-0.1, -0.05) is 68.4 Å². The second-order valence-corrected chi connectivity index (χ2v) is 12.7. The van der Waals surface area contributed by atoms with Gasteiger partial charge in [0.2, 0.25) is 29.5 Å². The standard InChI is InChI=1S/C37H46N6O9/c1-22(2)16-31(37(51)52)43-36(50)30(18-23-6-4-3-5-7-23)41-33(47)21-39-32(46)20-40-35(49)29(19-25-10-14-27(45)15-11-25)42-34(48)28(38)17-24-8-12-26(44)13-9-24/h3-15,22,28-31,44-45H,16-21,38H2,1-2H3,(H,39,46)(H,40,49)(H,41,47)(H,42,48)(H,43,50)(H,51,52). The van der Waals surface area contributed by atoms with Crippen LogP contribution in [-0.2, 0) is 48.0 Å². The SMILES string of the molecule is CC(C)CC(NC(=O)C(Cc1ccccc1)NC(=O)CNC(=O)CNC(=O)C(Cc1ccc(O)cc1)NC(=O)C(N)Cc1ccc(O)cc1)C(=O)O. The summed E-state index contributed by atoms with van der Waals surface area (Å²) in [4.78, 5) is 76.6. The zero-order valence-corrected chi connectivity index (χ0v) is 29.0. The Kier molecular flexibility index (Phi) is 15.6. The molecule has 278 valence electrons. The van der Waals surface area contributed by atoms with Gasteiger partial charge in [-0.3, -0.25) is 24.0 Å². The highest BCUT2D eigenvalue weighted by Gasteiger charge is 2.28. The number of carboxylic acid groups (broad SMARTS) is 1. The molecular weight excluding hydrogens is 672 g/mol. The molecule has 0 heterocycles. The Morgan fingerprint density at radius 3 is 1.60 bits per heavy atom. The van der Waals surface area contributed by atoms with E-state index < -0.39 is 72.8 Å². The molecule has 52 heavy (non-hydrogen) atoms. The van der Waals surface area contributed by atoms with Crippen molar-refractivity contribution in [3.8, 4) is 11.5 Å². The van der Waals surface area contributed by atoms with Gasteiger partial charge in [-0.2, -0.15) is 0 Å². The Hall–Kier alpha value is -5.96. The minimum Gasteiger partial charge on any atom is -0.508 e. The van der Waals surface area contributed by atoms with Crippen LogP contribution in [-0.4, -0.2) is 88.1 Å². The minimum atomic E-state index is -1.21. The first kappa shape index (κ1) is 40.5. The lowest BCUT2D eigenvalue weighted by atomic mass is 10.0. The number of aromatic hydroxyl groups is 2. The van der Waals surface area contributed by atoms with Gasteiger partial charge in [0, 0.05) is 12.8 Å². The highest BCUT2D eigenvalue weighted by atomic mass is 16.4. The quantitative estimate of drug-likeness (QED) is 0.0819. The van der Waals surface area contributed by atoms with Gasteiger partial charge in [-0.05, 0) is 59.7 Å². The molecule has 3 rings (SSSR count). The van der Waals surface area contributed by atoms with Crippen LogP contribution in [0.25, 0.3) is 0 Å². The molecule has 3 aromatic rings. The average molecular weight is 719 g/mol. The molecule has 0 aliphatic carbocycles. The molecule has 0 saturated carbocycles. The van der Waals surface area contributed by atoms with Gasteiger partial charge in [0.1, 0.15) is 29.6 Å². The van der Waals surface area contributed by atoms with E-state index in [-0.39, 0.29) is 43.1 Å². The summed E-state index contributed by atoms with van der Waals surface area (Å²) in [7, 11) is 0. The zero-order valence-electron chi connectivity index (χ0n) is 29.0. The van der Waals surface area contributed by atoms with Crippen LogP contribution in [0.1, 0.15) is 37.0 Å². The van der Waals surface area contributed by atoms with Crippen molar-refractivity contribution in [2.24, 2.45) is 11.7 Å². The molecule has 5 amide bonds. The fourth-order valence-electron chi connectivity index (χ4n) is 5.14. The second kappa shape index (κ2) is 20.0. The third-order valence-corrected chi connectivity index (χ3v) is 7.86. The molecule has 15 heteroatoms. The molecule has 10 N–H and O–H groups in total. The summed E-state index contributed by atoms with van der Waals surface area (Å²) >= 11 is 0. The van der Waals surface area contributed by atoms with Crippen molar-refractivity contribution in [1.82, 2.24) is 26.6 Å². The van der Waals surface area contributed by atoms with Gasteiger partial charge in [0.25, 0.3) is 0 Å². The molecule has 0 saturated heterocycles. The number of carbonyl (C=O) groups excluding carboxylic acids is 5. The number of benzene rings is 3. The molecule has 0 aliphatic rings. The number of hydrogen-bond acceptors (Lipinski definition) is 9. The van der Waals surface area contributed by atoms with E-state index in [0.29, 0.717) is 16.7 Å². The highest BCUT2D eigenvalue weighted by Crippen LogP contribution is 2.13. The van der Waals surface area contributed by atoms with Crippen LogP contribution in [0.2, 0.25) is 0 Å². The Balaban J connectivity index is 1.59. The number of phenols is 2. The molecule has 0 radical (unpaired) electrons. The average Bonchev–Trinajstić information content (AvgIpc) is 3.10. The molecule has 15 nitrogen and oxygen atoms in total. The fraction of sp³-hybridized carbons (Fsp3) is 0.351. The Bertz CT molecular complexity index is 1670. The lowest BCUT2D eigenvalue weighted by Crippen LogP contribution is -2.55. The summed E-state index contributed by atoms with van der Waals surface area (Å²) in [6, 6.07) is 16.4. The van der Waals surface area contributed by atoms with E-state index in [9.17, 15) is 44.1 Å². The lowest BCUT2D eigenvalue weighted by molar-refractivity contribution is -0.142. The van der Waals surface area contributed by atoms with Crippen molar-refractivity contribution in [1.29, 1.82) is 0 Å². The number of carbonyl (C=O) groups is 6. The number of aliphatic carboxylic acids is 1. The van der Waals surface area contributed by atoms with Gasteiger partial charge < -0.3 is 47.6 Å². The number of rotatable bonds is 19. The maximum atomic E-state index is 13.2.